The van der Waals surface area contributed by atoms with Gasteiger partial charge in [-0.25, -0.2) is 0 Å². The number of nitrogens with zero attached hydrogens (tertiary/aromatic N) is 1. The Morgan fingerprint density at radius 1 is 1.43 bits per heavy atom. The number of fused-ring (bicyclic) bond motifs is 1. The molecule has 1 aliphatic rings. The molecule has 0 radical (unpaired) electrons. The first-order valence-corrected chi connectivity index (χ1v) is 6.92. The first-order chi connectivity index (χ1) is 10.0. The molecule has 0 bridgehead atoms. The summed E-state index contributed by atoms with van der Waals surface area (Å²) < 4.78 is 10.5. The topological polar surface area (TPSA) is 67.9 Å². The van der Waals surface area contributed by atoms with Crippen molar-refractivity contribution < 1.29 is 19.1 Å². The Balaban J connectivity index is 2.10. The largest absolute Gasteiger partial charge is 0.489 e. The number of ether oxygens (including phenoxy) is 2. The number of carbonyl (C=O) groups is 2. The summed E-state index contributed by atoms with van der Waals surface area (Å²) >= 11 is 0. The van der Waals surface area contributed by atoms with E-state index in [-0.39, 0.29) is 24.3 Å². The first kappa shape index (κ1) is 15.2. The van der Waals surface area contributed by atoms with Gasteiger partial charge in [0.15, 0.2) is 0 Å². The monoisotopic (exact) mass is 292 g/mol. The molecule has 0 saturated heterocycles. The van der Waals surface area contributed by atoms with Crippen LogP contribution < -0.4 is 10.1 Å². The zero-order valence-electron chi connectivity index (χ0n) is 12.5. The normalized spacial score (nSPS) is 16.2. The second-order valence-electron chi connectivity index (χ2n) is 5.07. The number of carbonyl (C=O) groups excluding carboxylic acids is 2. The maximum atomic E-state index is 12.0. The summed E-state index contributed by atoms with van der Waals surface area (Å²) in [7, 11) is 3.41. The fraction of sp³-hybridized carbons (Fsp3) is 0.467. The van der Waals surface area contributed by atoms with Crippen LogP contribution in [-0.4, -0.2) is 50.1 Å². The van der Waals surface area contributed by atoms with Gasteiger partial charge in [0.2, 0.25) is 0 Å². The van der Waals surface area contributed by atoms with Crippen molar-refractivity contribution in [3.8, 4) is 5.75 Å². The van der Waals surface area contributed by atoms with E-state index in [2.05, 4.69) is 5.32 Å². The maximum absolute atomic E-state index is 12.0. The molecular weight excluding hydrogens is 272 g/mol. The molecule has 0 aliphatic carbocycles. The minimum absolute atomic E-state index is 0.0767. The highest BCUT2D eigenvalue weighted by Gasteiger charge is 2.23. The fourth-order valence-electron chi connectivity index (χ4n) is 2.14. The minimum Gasteiger partial charge on any atom is -0.489 e. The van der Waals surface area contributed by atoms with Crippen molar-refractivity contribution in [2.24, 2.45) is 0 Å². The molecule has 1 aromatic rings. The van der Waals surface area contributed by atoms with Gasteiger partial charge in [-0.1, -0.05) is 0 Å². The van der Waals surface area contributed by atoms with Crippen LogP contribution in [0.1, 0.15) is 23.7 Å². The molecule has 1 N–H and O–H groups in total. The molecule has 1 aromatic carbocycles. The van der Waals surface area contributed by atoms with Gasteiger partial charge in [-0.15, -0.1) is 0 Å². The van der Waals surface area contributed by atoms with Crippen molar-refractivity contribution in [2.45, 2.75) is 19.4 Å². The van der Waals surface area contributed by atoms with E-state index >= 15 is 0 Å². The molecule has 6 nitrogen and oxygen atoms in total. The van der Waals surface area contributed by atoms with Crippen molar-refractivity contribution in [1.82, 2.24) is 4.90 Å². The van der Waals surface area contributed by atoms with Gasteiger partial charge >= 0.3 is 5.97 Å². The number of rotatable bonds is 4. The second kappa shape index (κ2) is 6.47. The molecule has 1 heterocycles. The number of amides is 1. The standard InChI is InChI=1S/C15H20N2O4/c1-4-20-14(18)8-11-9-21-13-6-5-10(7-12(13)16-11)15(19)17(2)3/h5-7,11,16H,4,8-9H2,1-3H3. The SMILES string of the molecule is CCOC(=O)CC1COc2ccc(C(=O)N(C)C)cc2N1. The number of hydrogen-bond acceptors (Lipinski definition) is 5. The van der Waals surface area contributed by atoms with Crippen LogP contribution >= 0.6 is 0 Å². The lowest BCUT2D eigenvalue weighted by molar-refractivity contribution is -0.143. The predicted octanol–water partition coefficient (Wildman–Crippen LogP) is 1.51. The molecule has 1 atom stereocenters. The summed E-state index contributed by atoms with van der Waals surface area (Å²) in [4.78, 5) is 25.0. The molecule has 21 heavy (non-hydrogen) atoms. The summed E-state index contributed by atoms with van der Waals surface area (Å²) in [6, 6.07) is 5.09. The molecule has 1 aliphatic heterocycles. The van der Waals surface area contributed by atoms with Crippen LogP contribution in [-0.2, 0) is 9.53 Å². The van der Waals surface area contributed by atoms with Crippen LogP contribution in [0.5, 0.6) is 5.75 Å². The number of nitrogens with one attached hydrogen (secondary N) is 1. The molecular formula is C15H20N2O4. The molecule has 1 unspecified atom stereocenters. The lowest BCUT2D eigenvalue weighted by atomic mass is 10.1. The number of benzene rings is 1. The summed E-state index contributed by atoms with van der Waals surface area (Å²) in [5.74, 6) is 0.347. The highest BCUT2D eigenvalue weighted by molar-refractivity contribution is 5.95. The quantitative estimate of drug-likeness (QED) is 0.852. The average molecular weight is 292 g/mol. The van der Waals surface area contributed by atoms with E-state index in [0.29, 0.717) is 24.5 Å². The Morgan fingerprint density at radius 3 is 2.86 bits per heavy atom. The molecule has 0 aromatic heterocycles. The van der Waals surface area contributed by atoms with E-state index in [9.17, 15) is 9.59 Å². The number of hydrogen-bond donors (Lipinski definition) is 1. The Labute approximate surface area is 124 Å². The van der Waals surface area contributed by atoms with Crippen molar-refractivity contribution in [3.63, 3.8) is 0 Å². The third-order valence-electron chi connectivity index (χ3n) is 3.15. The lowest BCUT2D eigenvalue weighted by Crippen LogP contribution is -2.34. The number of anilines is 1. The molecule has 1 amide bonds. The van der Waals surface area contributed by atoms with Crippen molar-refractivity contribution >= 4 is 17.6 Å². The number of esters is 1. The third-order valence-corrected chi connectivity index (χ3v) is 3.15. The minimum atomic E-state index is -0.262. The summed E-state index contributed by atoms with van der Waals surface area (Å²) in [6.45, 7) is 2.54. The Hall–Kier alpha value is -2.24. The highest BCUT2D eigenvalue weighted by atomic mass is 16.5. The van der Waals surface area contributed by atoms with Crippen molar-refractivity contribution in [3.05, 3.63) is 23.8 Å². The van der Waals surface area contributed by atoms with Gasteiger partial charge in [-0.2, -0.15) is 0 Å². The van der Waals surface area contributed by atoms with Crippen molar-refractivity contribution in [1.29, 1.82) is 0 Å². The summed E-state index contributed by atoms with van der Waals surface area (Å²) in [5.41, 5.74) is 1.30. The van der Waals surface area contributed by atoms with Crippen LogP contribution in [0.2, 0.25) is 0 Å². The van der Waals surface area contributed by atoms with E-state index in [4.69, 9.17) is 9.47 Å². The van der Waals surface area contributed by atoms with Crippen LogP contribution in [0.25, 0.3) is 0 Å². The zero-order valence-corrected chi connectivity index (χ0v) is 12.5. The molecule has 6 heteroatoms. The van der Waals surface area contributed by atoms with Gasteiger partial charge in [-0.05, 0) is 25.1 Å². The van der Waals surface area contributed by atoms with E-state index in [0.717, 1.165) is 5.69 Å². The van der Waals surface area contributed by atoms with Gasteiger partial charge in [-0.3, -0.25) is 9.59 Å². The van der Waals surface area contributed by atoms with Gasteiger partial charge in [0.1, 0.15) is 12.4 Å². The summed E-state index contributed by atoms with van der Waals surface area (Å²) in [5, 5.41) is 3.22. The molecule has 114 valence electrons. The second-order valence-corrected chi connectivity index (χ2v) is 5.07. The zero-order chi connectivity index (χ0) is 15.4. The lowest BCUT2D eigenvalue weighted by Gasteiger charge is -2.27. The fourth-order valence-corrected chi connectivity index (χ4v) is 2.14. The van der Waals surface area contributed by atoms with E-state index in [1.165, 1.54) is 4.90 Å². The predicted molar refractivity (Wildman–Crippen MR) is 78.6 cm³/mol. The van der Waals surface area contributed by atoms with E-state index < -0.39 is 0 Å². The van der Waals surface area contributed by atoms with Crippen molar-refractivity contribution in [2.75, 3.05) is 32.6 Å². The molecule has 0 spiro atoms. The average Bonchev–Trinajstić information content (AvgIpc) is 2.45. The Bertz CT molecular complexity index is 542. The van der Waals surface area contributed by atoms with Crippen LogP contribution in [0.4, 0.5) is 5.69 Å². The molecule has 0 fully saturated rings. The van der Waals surface area contributed by atoms with Crippen LogP contribution in [0, 0.1) is 0 Å². The van der Waals surface area contributed by atoms with Crippen LogP contribution in [0.3, 0.4) is 0 Å². The third kappa shape index (κ3) is 3.65. The Kier molecular flexibility index (Phi) is 4.67. The molecule has 0 saturated carbocycles. The van der Waals surface area contributed by atoms with Gasteiger partial charge < -0.3 is 19.7 Å². The van der Waals surface area contributed by atoms with Gasteiger partial charge in [0.05, 0.1) is 24.8 Å². The summed E-state index contributed by atoms with van der Waals surface area (Å²) in [6.07, 6.45) is 0.235. The first-order valence-electron chi connectivity index (χ1n) is 6.92. The van der Waals surface area contributed by atoms with E-state index in [1.807, 2.05) is 0 Å². The van der Waals surface area contributed by atoms with Gasteiger partial charge in [0.25, 0.3) is 5.91 Å². The maximum Gasteiger partial charge on any atom is 0.307 e. The van der Waals surface area contributed by atoms with E-state index in [1.54, 1.807) is 39.2 Å². The van der Waals surface area contributed by atoms with Crippen LogP contribution in [0.15, 0.2) is 18.2 Å². The van der Waals surface area contributed by atoms with Gasteiger partial charge in [0, 0.05) is 19.7 Å². The highest BCUT2D eigenvalue weighted by Crippen LogP contribution is 2.30. The molecule has 2 rings (SSSR count). The Morgan fingerprint density at radius 2 is 2.19 bits per heavy atom. The smallest absolute Gasteiger partial charge is 0.307 e.